The Labute approximate surface area is 105 Å². The fourth-order valence-corrected chi connectivity index (χ4v) is 2.17. The standard InChI is InChI=1S/C11H16N4O3/c1-12-9-4-2-3-5-10(9)18-11-13-6-8(7-14-11)15(16)17/h6-7,9-10,12H,2-5H2,1H3. The number of aromatic nitrogens is 2. The van der Waals surface area contributed by atoms with Gasteiger partial charge in [-0.3, -0.25) is 10.1 Å². The molecule has 2 rings (SSSR count). The average Bonchev–Trinajstić information content (AvgIpc) is 2.40. The van der Waals surface area contributed by atoms with Gasteiger partial charge >= 0.3 is 11.7 Å². The van der Waals surface area contributed by atoms with E-state index in [0.717, 1.165) is 19.3 Å². The second-order valence-corrected chi connectivity index (χ2v) is 4.32. The van der Waals surface area contributed by atoms with Crippen LogP contribution in [0.1, 0.15) is 25.7 Å². The van der Waals surface area contributed by atoms with Crippen molar-refractivity contribution in [2.24, 2.45) is 0 Å². The van der Waals surface area contributed by atoms with Crippen LogP contribution < -0.4 is 10.1 Å². The smallest absolute Gasteiger partial charge is 0.317 e. The van der Waals surface area contributed by atoms with E-state index in [2.05, 4.69) is 15.3 Å². The van der Waals surface area contributed by atoms with Gasteiger partial charge in [0.25, 0.3) is 0 Å². The van der Waals surface area contributed by atoms with Crippen molar-refractivity contribution in [1.82, 2.24) is 15.3 Å². The van der Waals surface area contributed by atoms with Crippen molar-refractivity contribution in [2.75, 3.05) is 7.05 Å². The highest BCUT2D eigenvalue weighted by molar-refractivity contribution is 5.22. The molecule has 7 heteroatoms. The Morgan fingerprint density at radius 1 is 1.39 bits per heavy atom. The summed E-state index contributed by atoms with van der Waals surface area (Å²) in [5, 5.41) is 13.7. The van der Waals surface area contributed by atoms with Crippen molar-refractivity contribution < 1.29 is 9.66 Å². The van der Waals surface area contributed by atoms with Gasteiger partial charge in [0.15, 0.2) is 0 Å². The zero-order valence-electron chi connectivity index (χ0n) is 10.2. The molecule has 1 aromatic rings. The van der Waals surface area contributed by atoms with Gasteiger partial charge in [-0.1, -0.05) is 6.42 Å². The molecule has 0 aromatic carbocycles. The fraction of sp³-hybridized carbons (Fsp3) is 0.636. The van der Waals surface area contributed by atoms with Gasteiger partial charge in [0.05, 0.1) is 4.92 Å². The lowest BCUT2D eigenvalue weighted by molar-refractivity contribution is -0.385. The third-order valence-electron chi connectivity index (χ3n) is 3.16. The minimum Gasteiger partial charge on any atom is -0.458 e. The SMILES string of the molecule is CNC1CCCCC1Oc1ncc([N+](=O)[O-])cn1. The summed E-state index contributed by atoms with van der Waals surface area (Å²) in [4.78, 5) is 17.7. The molecule has 7 nitrogen and oxygen atoms in total. The summed E-state index contributed by atoms with van der Waals surface area (Å²) in [5.41, 5.74) is -0.129. The van der Waals surface area contributed by atoms with E-state index in [1.807, 2.05) is 7.05 Å². The molecule has 1 saturated carbocycles. The topological polar surface area (TPSA) is 90.2 Å². The van der Waals surface area contributed by atoms with Crippen molar-refractivity contribution in [3.05, 3.63) is 22.5 Å². The number of nitrogens with one attached hydrogen (secondary N) is 1. The number of hydrogen-bond donors (Lipinski definition) is 1. The predicted molar refractivity (Wildman–Crippen MR) is 64.4 cm³/mol. The molecule has 2 atom stereocenters. The third kappa shape index (κ3) is 2.92. The zero-order valence-corrected chi connectivity index (χ0v) is 10.2. The number of ether oxygens (including phenoxy) is 1. The number of nitrogens with zero attached hydrogens (tertiary/aromatic N) is 3. The summed E-state index contributed by atoms with van der Waals surface area (Å²) in [6, 6.07) is 0.491. The van der Waals surface area contributed by atoms with Crippen LogP contribution in [-0.2, 0) is 0 Å². The molecule has 1 N–H and O–H groups in total. The average molecular weight is 252 g/mol. The van der Waals surface area contributed by atoms with E-state index in [4.69, 9.17) is 4.74 Å². The molecule has 1 aliphatic carbocycles. The normalized spacial score (nSPS) is 23.6. The van der Waals surface area contributed by atoms with Gasteiger partial charge in [-0.2, -0.15) is 9.97 Å². The first-order valence-corrected chi connectivity index (χ1v) is 6.01. The Balaban J connectivity index is 2.01. The van der Waals surface area contributed by atoms with Gasteiger partial charge in [0.2, 0.25) is 0 Å². The highest BCUT2D eigenvalue weighted by Gasteiger charge is 2.26. The van der Waals surface area contributed by atoms with Gasteiger partial charge in [-0.15, -0.1) is 0 Å². The van der Waals surface area contributed by atoms with E-state index >= 15 is 0 Å². The Bertz CT molecular complexity index is 409. The quantitative estimate of drug-likeness (QED) is 0.641. The molecule has 1 aromatic heterocycles. The summed E-state index contributed by atoms with van der Waals surface area (Å²) < 4.78 is 5.69. The van der Waals surface area contributed by atoms with E-state index in [-0.39, 0.29) is 23.8 Å². The monoisotopic (exact) mass is 252 g/mol. The number of hydrogen-bond acceptors (Lipinski definition) is 6. The van der Waals surface area contributed by atoms with Crippen LogP contribution in [0.15, 0.2) is 12.4 Å². The van der Waals surface area contributed by atoms with Crippen LogP contribution in [0.2, 0.25) is 0 Å². The number of rotatable bonds is 4. The summed E-state index contributed by atoms with van der Waals surface area (Å²) in [6.45, 7) is 0. The lowest BCUT2D eigenvalue weighted by atomic mass is 9.92. The maximum Gasteiger partial charge on any atom is 0.317 e. The van der Waals surface area contributed by atoms with Crippen LogP contribution in [0.4, 0.5) is 5.69 Å². The van der Waals surface area contributed by atoms with Crippen LogP contribution in [0, 0.1) is 10.1 Å². The predicted octanol–water partition coefficient (Wildman–Crippen LogP) is 1.29. The van der Waals surface area contributed by atoms with Crippen LogP contribution in [0.3, 0.4) is 0 Å². The van der Waals surface area contributed by atoms with E-state index in [9.17, 15) is 10.1 Å². The van der Waals surface area contributed by atoms with Gasteiger partial charge in [0.1, 0.15) is 18.5 Å². The molecule has 18 heavy (non-hydrogen) atoms. The van der Waals surface area contributed by atoms with Crippen molar-refractivity contribution in [2.45, 2.75) is 37.8 Å². The van der Waals surface area contributed by atoms with Crippen molar-refractivity contribution in [1.29, 1.82) is 0 Å². The second kappa shape index (κ2) is 5.72. The summed E-state index contributed by atoms with van der Waals surface area (Å²) >= 11 is 0. The molecular formula is C11H16N4O3. The number of nitro groups is 1. The first-order valence-electron chi connectivity index (χ1n) is 6.01. The zero-order chi connectivity index (χ0) is 13.0. The molecule has 98 valence electrons. The Morgan fingerprint density at radius 2 is 2.06 bits per heavy atom. The maximum absolute atomic E-state index is 10.5. The van der Waals surface area contributed by atoms with Gasteiger partial charge in [0, 0.05) is 6.04 Å². The van der Waals surface area contributed by atoms with E-state index in [1.165, 1.54) is 18.8 Å². The minimum absolute atomic E-state index is 0.0326. The molecule has 1 heterocycles. The van der Waals surface area contributed by atoms with Crippen molar-refractivity contribution in [3.63, 3.8) is 0 Å². The molecule has 0 bridgehead atoms. The lowest BCUT2D eigenvalue weighted by Crippen LogP contribution is -2.43. The molecule has 0 amide bonds. The van der Waals surface area contributed by atoms with E-state index in [0.29, 0.717) is 0 Å². The fourth-order valence-electron chi connectivity index (χ4n) is 2.17. The first-order chi connectivity index (χ1) is 8.70. The molecule has 1 fully saturated rings. The highest BCUT2D eigenvalue weighted by Crippen LogP contribution is 2.22. The lowest BCUT2D eigenvalue weighted by Gasteiger charge is -2.30. The van der Waals surface area contributed by atoms with E-state index < -0.39 is 4.92 Å². The van der Waals surface area contributed by atoms with E-state index in [1.54, 1.807) is 0 Å². The van der Waals surface area contributed by atoms with Crippen molar-refractivity contribution in [3.8, 4) is 6.01 Å². The maximum atomic E-state index is 10.5. The summed E-state index contributed by atoms with van der Waals surface area (Å²) in [6.07, 6.45) is 6.69. The molecular weight excluding hydrogens is 236 g/mol. The van der Waals surface area contributed by atoms with Crippen LogP contribution in [-0.4, -0.2) is 34.1 Å². The summed E-state index contributed by atoms with van der Waals surface area (Å²) in [7, 11) is 1.91. The van der Waals surface area contributed by atoms with Crippen LogP contribution in [0.25, 0.3) is 0 Å². The number of likely N-dealkylation sites (N-methyl/N-ethyl adjacent to an activating group) is 1. The Hall–Kier alpha value is -1.76. The largest absolute Gasteiger partial charge is 0.458 e. The molecule has 0 saturated heterocycles. The molecule has 0 radical (unpaired) electrons. The van der Waals surface area contributed by atoms with Crippen LogP contribution in [0.5, 0.6) is 6.01 Å². The van der Waals surface area contributed by atoms with Crippen molar-refractivity contribution >= 4 is 5.69 Å². The minimum atomic E-state index is -0.527. The molecule has 0 spiro atoms. The molecule has 0 aliphatic heterocycles. The second-order valence-electron chi connectivity index (χ2n) is 4.32. The van der Waals surface area contributed by atoms with Crippen LogP contribution >= 0.6 is 0 Å². The first kappa shape index (κ1) is 12.7. The Morgan fingerprint density at radius 3 is 2.67 bits per heavy atom. The van der Waals surface area contributed by atoms with Gasteiger partial charge in [-0.05, 0) is 26.3 Å². The van der Waals surface area contributed by atoms with Gasteiger partial charge < -0.3 is 10.1 Å². The van der Waals surface area contributed by atoms with Gasteiger partial charge in [-0.25, -0.2) is 0 Å². The summed E-state index contributed by atoms with van der Waals surface area (Å²) in [5.74, 6) is 0. The molecule has 2 unspecified atom stereocenters. The molecule has 1 aliphatic rings. The highest BCUT2D eigenvalue weighted by atomic mass is 16.6. The Kier molecular flexibility index (Phi) is 4.03. The third-order valence-corrected chi connectivity index (χ3v) is 3.16.